The molecule has 9 heavy (non-hydrogen) atoms. The third-order valence-corrected chi connectivity index (χ3v) is 2.75. The summed E-state index contributed by atoms with van der Waals surface area (Å²) < 4.78 is 1.22. The van der Waals surface area contributed by atoms with Crippen LogP contribution in [0.1, 0.15) is 6.42 Å². The number of quaternary nitrogens is 1. The zero-order valence-corrected chi connectivity index (χ0v) is 6.17. The first-order valence-electron chi connectivity index (χ1n) is 3.69. The summed E-state index contributed by atoms with van der Waals surface area (Å²) in [4.78, 5) is 0. The fraction of sp³-hybridized carbons (Fsp3) is 0.750. The third-order valence-electron chi connectivity index (χ3n) is 2.75. The SMILES string of the molecule is C[N+]1(C)C[C@H]2C=C[C@@H]1C2. The number of hydrogen-bond acceptors (Lipinski definition) is 0. The van der Waals surface area contributed by atoms with Crippen LogP contribution in [0.25, 0.3) is 0 Å². The van der Waals surface area contributed by atoms with Crippen molar-refractivity contribution in [3.05, 3.63) is 12.2 Å². The van der Waals surface area contributed by atoms with E-state index in [1.165, 1.54) is 17.4 Å². The van der Waals surface area contributed by atoms with Crippen molar-refractivity contribution in [1.82, 2.24) is 0 Å². The summed E-state index contributed by atoms with van der Waals surface area (Å²) in [5.41, 5.74) is 0. The Morgan fingerprint density at radius 1 is 1.33 bits per heavy atom. The number of likely N-dealkylation sites (N-methyl/N-ethyl adjacent to an activating group) is 1. The van der Waals surface area contributed by atoms with Gasteiger partial charge in [0.25, 0.3) is 0 Å². The zero-order chi connectivity index (χ0) is 6.48. The van der Waals surface area contributed by atoms with Crippen LogP contribution in [-0.4, -0.2) is 31.2 Å². The molecule has 1 aliphatic carbocycles. The van der Waals surface area contributed by atoms with E-state index >= 15 is 0 Å². The lowest BCUT2D eigenvalue weighted by molar-refractivity contribution is -0.897. The second kappa shape index (κ2) is 1.40. The van der Waals surface area contributed by atoms with Gasteiger partial charge >= 0.3 is 0 Å². The maximum atomic E-state index is 2.38. The second-order valence-electron chi connectivity index (χ2n) is 3.91. The minimum atomic E-state index is 0.843. The average Bonchev–Trinajstić information content (AvgIpc) is 2.19. The highest BCUT2D eigenvalue weighted by Gasteiger charge is 2.41. The van der Waals surface area contributed by atoms with Gasteiger partial charge in [-0.3, -0.25) is 0 Å². The molecule has 50 valence electrons. The van der Waals surface area contributed by atoms with E-state index < -0.39 is 0 Å². The molecule has 2 aliphatic rings. The Hall–Kier alpha value is -0.300. The van der Waals surface area contributed by atoms with Gasteiger partial charge in [0, 0.05) is 12.3 Å². The molecule has 1 saturated heterocycles. The van der Waals surface area contributed by atoms with Crippen LogP contribution in [0.4, 0.5) is 0 Å². The van der Waals surface area contributed by atoms with Crippen molar-refractivity contribution in [2.24, 2.45) is 5.92 Å². The molecule has 0 radical (unpaired) electrons. The molecule has 1 nitrogen and oxygen atoms in total. The van der Waals surface area contributed by atoms with Gasteiger partial charge < -0.3 is 4.48 Å². The van der Waals surface area contributed by atoms with E-state index in [9.17, 15) is 0 Å². The average molecular weight is 124 g/mol. The van der Waals surface area contributed by atoms with Crippen LogP contribution in [0.15, 0.2) is 12.2 Å². The Kier molecular flexibility index (Phi) is 0.854. The maximum absolute atomic E-state index is 2.38. The van der Waals surface area contributed by atoms with E-state index in [1.54, 1.807) is 0 Å². The maximum Gasteiger partial charge on any atom is 0.108 e. The summed E-state index contributed by atoms with van der Waals surface area (Å²) in [7, 11) is 4.66. The van der Waals surface area contributed by atoms with Gasteiger partial charge in [-0.25, -0.2) is 0 Å². The fourth-order valence-electron chi connectivity index (χ4n) is 2.15. The highest BCUT2D eigenvalue weighted by atomic mass is 15.4. The number of nitrogens with zero attached hydrogens (tertiary/aromatic N) is 1. The van der Waals surface area contributed by atoms with Crippen LogP contribution < -0.4 is 0 Å². The molecule has 0 saturated carbocycles. The molecule has 0 N–H and O–H groups in total. The monoisotopic (exact) mass is 124 g/mol. The topological polar surface area (TPSA) is 0 Å². The zero-order valence-electron chi connectivity index (χ0n) is 6.17. The van der Waals surface area contributed by atoms with Crippen molar-refractivity contribution in [2.75, 3.05) is 20.6 Å². The van der Waals surface area contributed by atoms with Crippen molar-refractivity contribution < 1.29 is 4.48 Å². The minimum absolute atomic E-state index is 0.843. The summed E-state index contributed by atoms with van der Waals surface area (Å²) in [5.74, 6) is 0.907. The molecule has 0 aromatic heterocycles. The van der Waals surface area contributed by atoms with E-state index in [2.05, 4.69) is 26.2 Å². The van der Waals surface area contributed by atoms with E-state index in [0.29, 0.717) is 0 Å². The van der Waals surface area contributed by atoms with Crippen molar-refractivity contribution in [3.63, 3.8) is 0 Å². The number of fused-ring (bicyclic) bond motifs is 2. The summed E-state index contributed by atoms with van der Waals surface area (Å²) in [6.45, 7) is 1.36. The van der Waals surface area contributed by atoms with Gasteiger partial charge in [0.05, 0.1) is 20.6 Å². The van der Waals surface area contributed by atoms with Crippen molar-refractivity contribution in [2.45, 2.75) is 12.5 Å². The number of hydrogen-bond donors (Lipinski definition) is 0. The van der Waals surface area contributed by atoms with Gasteiger partial charge in [-0.15, -0.1) is 0 Å². The van der Waals surface area contributed by atoms with Crippen LogP contribution in [0.5, 0.6) is 0 Å². The van der Waals surface area contributed by atoms with Gasteiger partial charge in [-0.05, 0) is 6.08 Å². The molecule has 2 rings (SSSR count). The molecule has 1 heterocycles. The molecule has 0 unspecified atom stereocenters. The lowest BCUT2D eigenvalue weighted by Gasteiger charge is -2.31. The van der Waals surface area contributed by atoms with E-state index in [0.717, 1.165) is 12.0 Å². The number of rotatable bonds is 0. The van der Waals surface area contributed by atoms with E-state index in [-0.39, 0.29) is 0 Å². The van der Waals surface area contributed by atoms with Crippen molar-refractivity contribution >= 4 is 0 Å². The summed E-state index contributed by atoms with van der Waals surface area (Å²) in [6.07, 6.45) is 6.18. The molecule has 1 fully saturated rings. The molecular formula is C8H14N+. The number of likely N-dealkylation sites (tertiary alicyclic amines) is 1. The Balaban J connectivity index is 2.29. The fourth-order valence-corrected chi connectivity index (χ4v) is 2.15. The molecule has 1 aliphatic heterocycles. The van der Waals surface area contributed by atoms with E-state index in [1.807, 2.05) is 0 Å². The molecule has 0 aromatic rings. The molecule has 0 spiro atoms. The molecule has 2 atom stereocenters. The summed E-state index contributed by atoms with van der Waals surface area (Å²) in [5, 5.41) is 0. The molecule has 2 bridgehead atoms. The molecular weight excluding hydrogens is 110 g/mol. The van der Waals surface area contributed by atoms with Crippen LogP contribution in [0, 0.1) is 5.92 Å². The van der Waals surface area contributed by atoms with E-state index in [4.69, 9.17) is 0 Å². The summed E-state index contributed by atoms with van der Waals surface area (Å²) >= 11 is 0. The third kappa shape index (κ3) is 0.645. The Morgan fingerprint density at radius 2 is 2.11 bits per heavy atom. The summed E-state index contributed by atoms with van der Waals surface area (Å²) in [6, 6.07) is 0.843. The first-order chi connectivity index (χ1) is 4.18. The highest BCUT2D eigenvalue weighted by Crippen LogP contribution is 2.34. The smallest absolute Gasteiger partial charge is 0.108 e. The van der Waals surface area contributed by atoms with Gasteiger partial charge in [-0.1, -0.05) is 6.08 Å². The van der Waals surface area contributed by atoms with Gasteiger partial charge in [-0.2, -0.15) is 0 Å². The van der Waals surface area contributed by atoms with Crippen molar-refractivity contribution in [1.29, 1.82) is 0 Å². The second-order valence-corrected chi connectivity index (χ2v) is 3.91. The van der Waals surface area contributed by atoms with Gasteiger partial charge in [0.1, 0.15) is 6.04 Å². The Morgan fingerprint density at radius 3 is 2.33 bits per heavy atom. The van der Waals surface area contributed by atoms with Crippen LogP contribution in [0.2, 0.25) is 0 Å². The molecule has 1 heteroatoms. The van der Waals surface area contributed by atoms with Crippen LogP contribution in [-0.2, 0) is 0 Å². The predicted molar refractivity (Wildman–Crippen MR) is 38.0 cm³/mol. The predicted octanol–water partition coefficient (Wildman–Crippen LogP) is 1.02. The first kappa shape index (κ1) is 5.48. The van der Waals surface area contributed by atoms with Crippen LogP contribution in [0.3, 0.4) is 0 Å². The van der Waals surface area contributed by atoms with Crippen molar-refractivity contribution in [3.8, 4) is 0 Å². The standard InChI is InChI=1S/C8H14N/c1-9(2)6-7-3-4-8(9)5-7/h3-4,7-8H,5-6H2,1-2H3/q+1/t7-,8+/m0/s1. The normalized spacial score (nSPS) is 44.2. The van der Waals surface area contributed by atoms with Crippen LogP contribution >= 0.6 is 0 Å². The quantitative estimate of drug-likeness (QED) is 0.334. The van der Waals surface area contributed by atoms with Gasteiger partial charge in [0.2, 0.25) is 0 Å². The highest BCUT2D eigenvalue weighted by molar-refractivity contribution is 5.07. The Bertz CT molecular complexity index is 158. The lowest BCUT2D eigenvalue weighted by Crippen LogP contribution is -2.44. The first-order valence-corrected chi connectivity index (χ1v) is 3.69. The van der Waals surface area contributed by atoms with Gasteiger partial charge in [0.15, 0.2) is 0 Å². The minimum Gasteiger partial charge on any atom is -0.322 e. The Labute approximate surface area is 56.6 Å². The molecule has 0 amide bonds. The molecule has 0 aromatic carbocycles. The lowest BCUT2D eigenvalue weighted by atomic mass is 10.2. The largest absolute Gasteiger partial charge is 0.322 e.